The monoisotopic (exact) mass is 344 g/mol. The van der Waals surface area contributed by atoms with Crippen LogP contribution in [0.2, 0.25) is 0 Å². The molecule has 0 unspecified atom stereocenters. The van der Waals surface area contributed by atoms with Crippen molar-refractivity contribution in [2.75, 3.05) is 26.3 Å². The zero-order chi connectivity index (χ0) is 12.1. The molecule has 3 nitrogen and oxygen atoms in total. The lowest BCUT2D eigenvalue weighted by Crippen LogP contribution is -2.40. The van der Waals surface area contributed by atoms with Crippen LogP contribution < -0.4 is 0 Å². The molecule has 1 aromatic carbocycles. The normalized spacial score (nSPS) is 17.3. The zero-order valence-electron chi connectivity index (χ0n) is 10.0. The van der Waals surface area contributed by atoms with E-state index in [1.54, 1.807) is 0 Å². The molecule has 0 saturated carbocycles. The number of halogens is 1. The molecule has 1 heterocycles. The quantitative estimate of drug-likeness (QED) is 0.468. The van der Waals surface area contributed by atoms with Gasteiger partial charge in [-0.15, -0.1) is 0 Å². The molecular weight excluding hydrogens is 327 g/mol. The number of aliphatic imine (C=N–C) groups is 1. The highest BCUT2D eigenvalue weighted by Gasteiger charge is 2.13. The molecule has 0 bridgehead atoms. The Morgan fingerprint density at radius 2 is 2.06 bits per heavy atom. The van der Waals surface area contributed by atoms with Gasteiger partial charge < -0.3 is 9.64 Å². The smallest absolute Gasteiger partial charge is 0.105 e. The van der Waals surface area contributed by atoms with Gasteiger partial charge in [-0.05, 0) is 34.7 Å². The first-order valence-corrected chi connectivity index (χ1v) is 7.04. The lowest BCUT2D eigenvalue weighted by Gasteiger charge is -2.29. The molecule has 1 aliphatic heterocycles. The van der Waals surface area contributed by atoms with Crippen LogP contribution in [0.3, 0.4) is 0 Å². The summed E-state index contributed by atoms with van der Waals surface area (Å²) in [5, 5.41) is 0. The van der Waals surface area contributed by atoms with Crippen molar-refractivity contribution in [2.24, 2.45) is 4.99 Å². The molecule has 92 valence electrons. The van der Waals surface area contributed by atoms with E-state index in [-0.39, 0.29) is 0 Å². The fourth-order valence-corrected chi connectivity index (χ4v) is 2.38. The maximum absolute atomic E-state index is 5.37. The Balaban J connectivity index is 2.19. The number of hydrogen-bond acceptors (Lipinski definition) is 2. The predicted octanol–water partition coefficient (Wildman–Crippen LogP) is 3.06. The first-order valence-electron chi connectivity index (χ1n) is 5.96. The second-order valence-electron chi connectivity index (χ2n) is 3.93. The second kappa shape index (κ2) is 6.35. The Hall–Kier alpha value is -0.620. The Bertz CT molecular complexity index is 400. The van der Waals surface area contributed by atoms with Crippen molar-refractivity contribution in [1.29, 1.82) is 0 Å². The predicted molar refractivity (Wildman–Crippen MR) is 78.9 cm³/mol. The van der Waals surface area contributed by atoms with Crippen molar-refractivity contribution in [3.05, 3.63) is 27.8 Å². The van der Waals surface area contributed by atoms with Crippen LogP contribution in [0.15, 0.2) is 29.3 Å². The molecule has 0 aliphatic carbocycles. The topological polar surface area (TPSA) is 24.8 Å². The molecule has 1 aromatic rings. The van der Waals surface area contributed by atoms with Crippen LogP contribution in [-0.2, 0) is 4.74 Å². The van der Waals surface area contributed by atoms with Gasteiger partial charge in [-0.2, -0.15) is 0 Å². The third kappa shape index (κ3) is 3.42. The standard InChI is InChI=1S/C13H17IN2O/c1-2-13(16-7-9-17-10-8-16)15-12-6-4-3-5-11(12)14/h3-6H,2,7-10H2,1H3. The summed E-state index contributed by atoms with van der Waals surface area (Å²) in [6, 6.07) is 8.23. The van der Waals surface area contributed by atoms with Gasteiger partial charge in [0.2, 0.25) is 0 Å². The molecule has 0 N–H and O–H groups in total. The van der Waals surface area contributed by atoms with E-state index in [2.05, 4.69) is 46.5 Å². The average Bonchev–Trinajstić information content (AvgIpc) is 2.39. The summed E-state index contributed by atoms with van der Waals surface area (Å²) in [5.74, 6) is 1.16. The number of benzene rings is 1. The van der Waals surface area contributed by atoms with E-state index in [0.717, 1.165) is 44.2 Å². The molecule has 0 radical (unpaired) electrons. The van der Waals surface area contributed by atoms with Gasteiger partial charge in [0.1, 0.15) is 5.84 Å². The van der Waals surface area contributed by atoms with Gasteiger partial charge in [0, 0.05) is 23.1 Å². The van der Waals surface area contributed by atoms with E-state index in [0.29, 0.717) is 0 Å². The fraction of sp³-hybridized carbons (Fsp3) is 0.462. The maximum atomic E-state index is 5.37. The third-order valence-electron chi connectivity index (χ3n) is 2.79. The van der Waals surface area contributed by atoms with Crippen molar-refractivity contribution >= 4 is 34.1 Å². The van der Waals surface area contributed by atoms with E-state index in [9.17, 15) is 0 Å². The molecule has 0 aromatic heterocycles. The van der Waals surface area contributed by atoms with Crippen molar-refractivity contribution in [3.63, 3.8) is 0 Å². The first kappa shape index (κ1) is 12.8. The Labute approximate surface area is 116 Å². The number of amidine groups is 1. The lowest BCUT2D eigenvalue weighted by atomic mass is 10.3. The van der Waals surface area contributed by atoms with Crippen LogP contribution in [0.25, 0.3) is 0 Å². The van der Waals surface area contributed by atoms with Crippen LogP contribution in [0.4, 0.5) is 5.69 Å². The largest absolute Gasteiger partial charge is 0.378 e. The highest BCUT2D eigenvalue weighted by atomic mass is 127. The van der Waals surface area contributed by atoms with Gasteiger partial charge in [0.15, 0.2) is 0 Å². The van der Waals surface area contributed by atoms with Crippen LogP contribution in [0.5, 0.6) is 0 Å². The van der Waals surface area contributed by atoms with Crippen LogP contribution in [0, 0.1) is 3.57 Å². The SMILES string of the molecule is CCC(=Nc1ccccc1I)N1CCOCC1. The van der Waals surface area contributed by atoms with E-state index >= 15 is 0 Å². The minimum atomic E-state index is 0.810. The van der Waals surface area contributed by atoms with Gasteiger partial charge >= 0.3 is 0 Å². The van der Waals surface area contributed by atoms with E-state index in [1.807, 2.05) is 12.1 Å². The summed E-state index contributed by atoms with van der Waals surface area (Å²) < 4.78 is 6.57. The summed E-state index contributed by atoms with van der Waals surface area (Å²) in [4.78, 5) is 7.11. The first-order chi connectivity index (χ1) is 8.31. The molecule has 0 atom stereocenters. The number of hydrogen-bond donors (Lipinski definition) is 0. The van der Waals surface area contributed by atoms with Crippen LogP contribution in [-0.4, -0.2) is 37.0 Å². The highest BCUT2D eigenvalue weighted by Crippen LogP contribution is 2.21. The molecule has 4 heteroatoms. The number of morpholine rings is 1. The van der Waals surface area contributed by atoms with Crippen LogP contribution >= 0.6 is 22.6 Å². The molecular formula is C13H17IN2O. The van der Waals surface area contributed by atoms with Crippen molar-refractivity contribution in [3.8, 4) is 0 Å². The van der Waals surface area contributed by atoms with Gasteiger partial charge in [-0.1, -0.05) is 19.1 Å². The third-order valence-corrected chi connectivity index (χ3v) is 3.71. The molecule has 0 amide bonds. The van der Waals surface area contributed by atoms with Crippen LogP contribution in [0.1, 0.15) is 13.3 Å². The molecule has 17 heavy (non-hydrogen) atoms. The summed E-state index contributed by atoms with van der Waals surface area (Å²) in [7, 11) is 0. The molecule has 1 fully saturated rings. The lowest BCUT2D eigenvalue weighted by molar-refractivity contribution is 0.0673. The highest BCUT2D eigenvalue weighted by molar-refractivity contribution is 14.1. The summed E-state index contributed by atoms with van der Waals surface area (Å²) in [6.45, 7) is 5.69. The van der Waals surface area contributed by atoms with E-state index in [1.165, 1.54) is 3.57 Å². The maximum Gasteiger partial charge on any atom is 0.105 e. The van der Waals surface area contributed by atoms with E-state index < -0.39 is 0 Å². The van der Waals surface area contributed by atoms with Crippen molar-refractivity contribution in [1.82, 2.24) is 4.90 Å². The minimum Gasteiger partial charge on any atom is -0.378 e. The summed E-state index contributed by atoms with van der Waals surface area (Å²) in [5.41, 5.74) is 1.07. The van der Waals surface area contributed by atoms with Gasteiger partial charge in [-0.25, -0.2) is 4.99 Å². The van der Waals surface area contributed by atoms with Crippen molar-refractivity contribution < 1.29 is 4.74 Å². The van der Waals surface area contributed by atoms with Gasteiger partial charge in [0.05, 0.1) is 18.9 Å². The molecule has 0 spiro atoms. The van der Waals surface area contributed by atoms with Crippen molar-refractivity contribution in [2.45, 2.75) is 13.3 Å². The Kier molecular flexibility index (Phi) is 4.79. The fourth-order valence-electron chi connectivity index (χ4n) is 1.88. The molecule has 1 aliphatic rings. The second-order valence-corrected chi connectivity index (χ2v) is 5.09. The summed E-state index contributed by atoms with van der Waals surface area (Å²) >= 11 is 2.33. The number of para-hydroxylation sites is 1. The Morgan fingerprint density at radius 1 is 1.35 bits per heavy atom. The zero-order valence-corrected chi connectivity index (χ0v) is 12.2. The number of ether oxygens (including phenoxy) is 1. The number of nitrogens with zero attached hydrogens (tertiary/aromatic N) is 2. The van der Waals surface area contributed by atoms with E-state index in [4.69, 9.17) is 9.73 Å². The number of rotatable bonds is 2. The minimum absolute atomic E-state index is 0.810. The van der Waals surface area contributed by atoms with Gasteiger partial charge in [-0.3, -0.25) is 0 Å². The van der Waals surface area contributed by atoms with Gasteiger partial charge in [0.25, 0.3) is 0 Å². The molecule has 2 rings (SSSR count). The summed E-state index contributed by atoms with van der Waals surface area (Å²) in [6.07, 6.45) is 0.963. The Morgan fingerprint density at radius 3 is 2.71 bits per heavy atom. The molecule has 1 saturated heterocycles. The average molecular weight is 344 g/mol.